The molecule has 2 heterocycles. The number of aliphatic carboxylic acids is 1. The van der Waals surface area contributed by atoms with Gasteiger partial charge in [0.2, 0.25) is 0 Å². The average molecular weight is 243 g/mol. The minimum Gasteiger partial charge on any atom is -0.480 e. The highest BCUT2D eigenvalue weighted by molar-refractivity contribution is 6.28. The van der Waals surface area contributed by atoms with E-state index in [9.17, 15) is 4.79 Å². The highest BCUT2D eigenvalue weighted by Gasteiger charge is 2.06. The Kier molecular flexibility index (Phi) is 2.82. The molecule has 16 heavy (non-hydrogen) atoms. The van der Waals surface area contributed by atoms with Crippen LogP contribution in [0.3, 0.4) is 0 Å². The van der Waals surface area contributed by atoms with E-state index >= 15 is 0 Å². The van der Waals surface area contributed by atoms with E-state index in [2.05, 4.69) is 5.10 Å². The minimum absolute atomic E-state index is 0.216. The van der Waals surface area contributed by atoms with Gasteiger partial charge >= 0.3 is 5.97 Å². The third kappa shape index (κ3) is 2.54. The van der Waals surface area contributed by atoms with E-state index in [1.807, 2.05) is 0 Å². The Balaban J connectivity index is 2.05. The van der Waals surface area contributed by atoms with E-state index < -0.39 is 5.97 Å². The van der Waals surface area contributed by atoms with Crippen LogP contribution >= 0.6 is 11.6 Å². The Morgan fingerprint density at radius 1 is 1.62 bits per heavy atom. The molecule has 0 saturated heterocycles. The van der Waals surface area contributed by atoms with Crippen molar-refractivity contribution in [1.82, 2.24) is 9.78 Å². The Bertz CT molecular complexity index is 505. The van der Waals surface area contributed by atoms with E-state index in [1.54, 1.807) is 12.1 Å². The van der Waals surface area contributed by atoms with Crippen molar-refractivity contribution in [2.75, 3.05) is 0 Å². The average Bonchev–Trinajstić information content (AvgIpc) is 2.76. The van der Waals surface area contributed by atoms with Gasteiger partial charge in [0.1, 0.15) is 6.54 Å². The van der Waals surface area contributed by atoms with Gasteiger partial charge in [-0.1, -0.05) is 0 Å². The number of rotatable bonds is 4. The Hall–Kier alpha value is -1.95. The normalized spacial score (nSPS) is 10.3. The summed E-state index contributed by atoms with van der Waals surface area (Å²) < 4.78 is 11.4. The van der Waals surface area contributed by atoms with Crippen molar-refractivity contribution in [1.29, 1.82) is 0 Å². The predicted molar refractivity (Wildman–Crippen MR) is 53.7 cm³/mol. The first kappa shape index (κ1) is 10.6. The maximum absolute atomic E-state index is 10.4. The van der Waals surface area contributed by atoms with Crippen LogP contribution in [0.25, 0.3) is 0 Å². The molecule has 1 N–H and O–H groups in total. The predicted octanol–water partition coefficient (Wildman–Crippen LogP) is 2.01. The van der Waals surface area contributed by atoms with Crippen molar-refractivity contribution in [2.24, 2.45) is 0 Å². The smallest absolute Gasteiger partial charge is 0.325 e. The molecule has 6 nitrogen and oxygen atoms in total. The molecule has 0 fully saturated rings. The molecule has 0 unspecified atom stereocenters. The van der Waals surface area contributed by atoms with Gasteiger partial charge in [0, 0.05) is 12.1 Å². The lowest BCUT2D eigenvalue weighted by atomic mass is 10.6. The van der Waals surface area contributed by atoms with Gasteiger partial charge < -0.3 is 14.3 Å². The van der Waals surface area contributed by atoms with Crippen LogP contribution in [0.5, 0.6) is 11.7 Å². The molecule has 0 bridgehead atoms. The largest absolute Gasteiger partial charge is 0.480 e. The zero-order valence-electron chi connectivity index (χ0n) is 7.96. The highest BCUT2D eigenvalue weighted by atomic mass is 35.5. The number of carboxylic acids is 1. The molecule has 0 spiro atoms. The van der Waals surface area contributed by atoms with Crippen LogP contribution in [0, 0.1) is 0 Å². The maximum atomic E-state index is 10.4. The minimum atomic E-state index is -0.976. The number of nitrogens with zero attached hydrogens (tertiary/aromatic N) is 2. The highest BCUT2D eigenvalue weighted by Crippen LogP contribution is 2.25. The van der Waals surface area contributed by atoms with E-state index in [0.29, 0.717) is 5.75 Å². The summed E-state index contributed by atoms with van der Waals surface area (Å²) in [7, 11) is 0. The van der Waals surface area contributed by atoms with Crippen molar-refractivity contribution >= 4 is 17.6 Å². The molecule has 0 aliphatic heterocycles. The molecule has 0 amide bonds. The van der Waals surface area contributed by atoms with Crippen molar-refractivity contribution in [2.45, 2.75) is 6.54 Å². The number of hydrogen-bond acceptors (Lipinski definition) is 4. The van der Waals surface area contributed by atoms with Crippen LogP contribution in [0.4, 0.5) is 0 Å². The number of aromatic nitrogens is 2. The number of furan rings is 1. The molecular formula is C9H7ClN2O4. The molecule has 0 saturated carbocycles. The first-order valence-corrected chi connectivity index (χ1v) is 4.69. The fourth-order valence-electron chi connectivity index (χ4n) is 1.09. The van der Waals surface area contributed by atoms with Crippen LogP contribution in [-0.2, 0) is 11.3 Å². The lowest BCUT2D eigenvalue weighted by molar-refractivity contribution is -0.137. The second kappa shape index (κ2) is 4.28. The van der Waals surface area contributed by atoms with Gasteiger partial charge in [0.25, 0.3) is 5.95 Å². The van der Waals surface area contributed by atoms with Crippen molar-refractivity contribution < 1.29 is 19.1 Å². The third-order valence-electron chi connectivity index (χ3n) is 1.67. The Labute approximate surface area is 95.0 Å². The molecular weight excluding hydrogens is 236 g/mol. The Morgan fingerprint density at radius 3 is 3.06 bits per heavy atom. The van der Waals surface area contributed by atoms with Crippen LogP contribution in [0.2, 0.25) is 5.22 Å². The summed E-state index contributed by atoms with van der Waals surface area (Å²) in [6.45, 7) is -0.220. The molecule has 7 heteroatoms. The van der Waals surface area contributed by atoms with E-state index in [-0.39, 0.29) is 17.7 Å². The maximum Gasteiger partial charge on any atom is 0.325 e. The standard InChI is InChI=1S/C9H7ClN2O4/c10-7-1-2-9(16-7)15-6-3-11-12(4-6)5-8(13)14/h1-4H,5H2,(H,13,14). The van der Waals surface area contributed by atoms with E-state index in [1.165, 1.54) is 17.1 Å². The van der Waals surface area contributed by atoms with Gasteiger partial charge in [0.05, 0.1) is 12.4 Å². The van der Waals surface area contributed by atoms with Gasteiger partial charge in [-0.25, -0.2) is 0 Å². The van der Waals surface area contributed by atoms with Crippen LogP contribution < -0.4 is 4.74 Å². The van der Waals surface area contributed by atoms with Gasteiger partial charge in [-0.3, -0.25) is 9.48 Å². The summed E-state index contributed by atoms with van der Waals surface area (Å²) in [6.07, 6.45) is 2.84. The van der Waals surface area contributed by atoms with E-state index in [4.69, 9.17) is 25.9 Å². The summed E-state index contributed by atoms with van der Waals surface area (Å²) in [5.74, 6) is -0.372. The van der Waals surface area contributed by atoms with Crippen molar-refractivity contribution in [3.05, 3.63) is 29.7 Å². The zero-order valence-corrected chi connectivity index (χ0v) is 8.72. The molecule has 0 atom stereocenters. The second-order valence-electron chi connectivity index (χ2n) is 2.93. The van der Waals surface area contributed by atoms with Crippen LogP contribution in [-0.4, -0.2) is 20.9 Å². The summed E-state index contributed by atoms with van der Waals surface area (Å²) in [5, 5.41) is 12.5. The van der Waals surface area contributed by atoms with E-state index in [0.717, 1.165) is 0 Å². The van der Waals surface area contributed by atoms with Crippen LogP contribution in [0.1, 0.15) is 0 Å². The number of halogens is 1. The monoisotopic (exact) mass is 242 g/mol. The fraction of sp³-hybridized carbons (Fsp3) is 0.111. The first-order chi connectivity index (χ1) is 7.63. The molecule has 0 aliphatic rings. The number of carbonyl (C=O) groups is 1. The van der Waals surface area contributed by atoms with Gasteiger partial charge in [0.15, 0.2) is 11.0 Å². The third-order valence-corrected chi connectivity index (χ3v) is 1.88. The summed E-state index contributed by atoms with van der Waals surface area (Å²) in [6, 6.07) is 3.09. The summed E-state index contributed by atoms with van der Waals surface area (Å²) in [5.41, 5.74) is 0. The van der Waals surface area contributed by atoms with Gasteiger partial charge in [-0.15, -0.1) is 0 Å². The molecule has 2 aromatic rings. The molecule has 0 radical (unpaired) electrons. The Morgan fingerprint density at radius 2 is 2.44 bits per heavy atom. The SMILES string of the molecule is O=C(O)Cn1cc(Oc2ccc(Cl)o2)cn1. The number of hydrogen-bond donors (Lipinski definition) is 1. The van der Waals surface area contributed by atoms with Crippen LogP contribution in [0.15, 0.2) is 28.9 Å². The topological polar surface area (TPSA) is 77.5 Å². The van der Waals surface area contributed by atoms with Gasteiger partial charge in [-0.2, -0.15) is 5.10 Å². The second-order valence-corrected chi connectivity index (χ2v) is 3.30. The van der Waals surface area contributed by atoms with Gasteiger partial charge in [-0.05, 0) is 11.6 Å². The number of carboxylic acid groups (broad SMARTS) is 1. The zero-order chi connectivity index (χ0) is 11.5. The lowest BCUT2D eigenvalue weighted by Gasteiger charge is -1.96. The molecule has 0 aromatic carbocycles. The van der Waals surface area contributed by atoms with Crippen molar-refractivity contribution in [3.63, 3.8) is 0 Å². The molecule has 0 aliphatic carbocycles. The summed E-state index contributed by atoms with van der Waals surface area (Å²) >= 11 is 5.56. The quantitative estimate of drug-likeness (QED) is 0.887. The first-order valence-electron chi connectivity index (χ1n) is 4.31. The molecule has 2 rings (SSSR count). The molecule has 84 valence electrons. The van der Waals surface area contributed by atoms with Crippen molar-refractivity contribution in [3.8, 4) is 11.7 Å². The number of ether oxygens (including phenoxy) is 1. The molecule has 2 aromatic heterocycles. The lowest BCUT2D eigenvalue weighted by Crippen LogP contribution is -2.08. The summed E-state index contributed by atoms with van der Waals surface area (Å²) in [4.78, 5) is 10.4. The fourth-order valence-corrected chi connectivity index (χ4v) is 1.23.